The van der Waals surface area contributed by atoms with Crippen LogP contribution in [0.5, 0.6) is 5.75 Å². The molecule has 0 amide bonds. The van der Waals surface area contributed by atoms with Crippen LogP contribution >= 0.6 is 0 Å². The van der Waals surface area contributed by atoms with Gasteiger partial charge in [0.25, 0.3) is 10.0 Å². The van der Waals surface area contributed by atoms with Crippen molar-refractivity contribution >= 4 is 15.7 Å². The molecule has 1 heterocycles. The van der Waals surface area contributed by atoms with E-state index >= 15 is 0 Å². The van der Waals surface area contributed by atoms with E-state index in [2.05, 4.69) is 17.0 Å². The number of benzene rings is 2. The monoisotopic (exact) mass is 434 g/mol. The van der Waals surface area contributed by atoms with Crippen LogP contribution in [0.25, 0.3) is 0 Å². The van der Waals surface area contributed by atoms with Crippen LogP contribution in [0.3, 0.4) is 0 Å². The molecule has 2 N–H and O–H groups in total. The highest BCUT2D eigenvalue weighted by atomic mass is 32.2. The quantitative estimate of drug-likeness (QED) is 0.488. The molecule has 30 heavy (non-hydrogen) atoms. The number of anilines is 1. The molecule has 2 aromatic carbocycles. The first kappa shape index (κ1) is 22.6. The second-order valence-corrected chi connectivity index (χ2v) is 9.40. The lowest BCUT2D eigenvalue weighted by atomic mass is 10.0. The summed E-state index contributed by atoms with van der Waals surface area (Å²) < 4.78 is 47.9. The zero-order valence-electron chi connectivity index (χ0n) is 17.5. The number of hydrogen-bond donors (Lipinski definition) is 2. The third-order valence-corrected chi connectivity index (χ3v) is 6.69. The van der Waals surface area contributed by atoms with Gasteiger partial charge in [0.2, 0.25) is 0 Å². The van der Waals surface area contributed by atoms with Gasteiger partial charge in [-0.25, -0.2) is 12.8 Å². The number of rotatable bonds is 11. The van der Waals surface area contributed by atoms with E-state index in [1.54, 1.807) is 18.2 Å². The molecule has 0 aromatic heterocycles. The fraction of sp³-hybridized carbons (Fsp3) is 0.478. The molecule has 7 heteroatoms. The van der Waals surface area contributed by atoms with Gasteiger partial charge in [0.1, 0.15) is 5.75 Å². The topological polar surface area (TPSA) is 67.4 Å². The average Bonchev–Trinajstić information content (AvgIpc) is 2.74. The molecule has 5 nitrogen and oxygen atoms in total. The Balaban J connectivity index is 1.57. The Morgan fingerprint density at radius 2 is 1.83 bits per heavy atom. The Morgan fingerprint density at radius 1 is 1.03 bits per heavy atom. The van der Waals surface area contributed by atoms with Crippen molar-refractivity contribution in [2.45, 2.75) is 63.3 Å². The molecule has 1 aliphatic heterocycles. The van der Waals surface area contributed by atoms with Crippen molar-refractivity contribution in [2.24, 2.45) is 0 Å². The van der Waals surface area contributed by atoms with E-state index in [-0.39, 0.29) is 10.6 Å². The molecule has 0 atom stereocenters. The lowest BCUT2D eigenvalue weighted by Crippen LogP contribution is -2.24. The van der Waals surface area contributed by atoms with Crippen molar-refractivity contribution < 1.29 is 17.5 Å². The predicted octanol–water partition coefficient (Wildman–Crippen LogP) is 5.01. The Hall–Kier alpha value is -2.12. The molecular weight excluding hydrogens is 403 g/mol. The Labute approximate surface area is 179 Å². The fourth-order valence-electron chi connectivity index (χ4n) is 3.57. The van der Waals surface area contributed by atoms with Crippen molar-refractivity contribution in [3.63, 3.8) is 0 Å². The number of ether oxygens (including phenoxy) is 1. The van der Waals surface area contributed by atoms with Gasteiger partial charge in [-0.15, -0.1) is 0 Å². The van der Waals surface area contributed by atoms with Crippen molar-refractivity contribution in [3.8, 4) is 5.75 Å². The third-order valence-electron chi connectivity index (χ3n) is 5.33. The summed E-state index contributed by atoms with van der Waals surface area (Å²) in [5.74, 6) is -0.244. The average molecular weight is 435 g/mol. The van der Waals surface area contributed by atoms with Gasteiger partial charge in [-0.1, -0.05) is 45.1 Å². The first-order chi connectivity index (χ1) is 14.5. The van der Waals surface area contributed by atoms with Gasteiger partial charge in [0.05, 0.1) is 17.2 Å². The van der Waals surface area contributed by atoms with Gasteiger partial charge in [0, 0.05) is 12.6 Å². The van der Waals surface area contributed by atoms with E-state index in [1.807, 2.05) is 6.07 Å². The molecule has 0 radical (unpaired) electrons. The van der Waals surface area contributed by atoms with Gasteiger partial charge in [0.15, 0.2) is 5.82 Å². The minimum Gasteiger partial charge on any atom is -0.493 e. The molecule has 0 aliphatic carbocycles. The van der Waals surface area contributed by atoms with Crippen LogP contribution in [-0.2, 0) is 23.0 Å². The molecule has 1 aliphatic rings. The van der Waals surface area contributed by atoms with Gasteiger partial charge >= 0.3 is 0 Å². The van der Waals surface area contributed by atoms with Gasteiger partial charge in [-0.05, 0) is 54.8 Å². The van der Waals surface area contributed by atoms with Gasteiger partial charge < -0.3 is 10.1 Å². The standard InChI is InChI=1S/C23H31FN2O3S/c1-2-3-4-5-6-7-14-29-20-9-11-23(22(24)16-20)26-30(27,28)21-10-8-19-17-25-13-12-18(19)15-21/h8-11,15-16,25-26H,2-7,12-14,17H2,1H3. The van der Waals surface area contributed by atoms with Crippen LogP contribution in [-0.4, -0.2) is 21.6 Å². The third kappa shape index (κ3) is 6.19. The largest absolute Gasteiger partial charge is 0.493 e. The fourth-order valence-corrected chi connectivity index (χ4v) is 4.68. The van der Waals surface area contributed by atoms with Gasteiger partial charge in [-0.2, -0.15) is 0 Å². The van der Waals surface area contributed by atoms with Crippen molar-refractivity contribution in [1.29, 1.82) is 0 Å². The molecule has 0 saturated carbocycles. The molecule has 0 fully saturated rings. The number of unbranched alkanes of at least 4 members (excludes halogenated alkanes) is 5. The summed E-state index contributed by atoms with van der Waals surface area (Å²) >= 11 is 0. The van der Waals surface area contributed by atoms with Crippen LogP contribution in [0, 0.1) is 5.82 Å². The maximum Gasteiger partial charge on any atom is 0.261 e. The summed E-state index contributed by atoms with van der Waals surface area (Å²) in [4.78, 5) is 0.144. The number of hydrogen-bond acceptors (Lipinski definition) is 4. The normalized spacial score (nSPS) is 13.7. The first-order valence-corrected chi connectivity index (χ1v) is 12.3. The Bertz CT molecular complexity index is 947. The highest BCUT2D eigenvalue weighted by Gasteiger charge is 2.19. The number of nitrogens with one attached hydrogen (secondary N) is 2. The lowest BCUT2D eigenvalue weighted by Gasteiger charge is -2.18. The smallest absolute Gasteiger partial charge is 0.261 e. The zero-order chi connectivity index (χ0) is 21.4. The SMILES string of the molecule is CCCCCCCCOc1ccc(NS(=O)(=O)c2ccc3c(c2)CCNC3)c(F)c1. The summed E-state index contributed by atoms with van der Waals surface area (Å²) in [6.45, 7) is 4.27. The first-order valence-electron chi connectivity index (χ1n) is 10.8. The Morgan fingerprint density at radius 3 is 2.63 bits per heavy atom. The summed E-state index contributed by atoms with van der Waals surface area (Å²) in [6.07, 6.45) is 7.69. The number of sulfonamides is 1. The predicted molar refractivity (Wildman–Crippen MR) is 118 cm³/mol. The van der Waals surface area contributed by atoms with Crippen molar-refractivity contribution in [2.75, 3.05) is 17.9 Å². The molecule has 0 spiro atoms. The van der Waals surface area contributed by atoms with E-state index < -0.39 is 15.8 Å². The van der Waals surface area contributed by atoms with E-state index in [0.29, 0.717) is 12.4 Å². The Kier molecular flexibility index (Phi) is 8.10. The van der Waals surface area contributed by atoms with Crippen LogP contribution in [0.1, 0.15) is 56.6 Å². The molecule has 0 unspecified atom stereocenters. The van der Waals surface area contributed by atoms with Crippen LogP contribution in [0.2, 0.25) is 0 Å². The second-order valence-electron chi connectivity index (χ2n) is 7.72. The molecule has 2 aromatic rings. The number of fused-ring (bicyclic) bond motifs is 1. The maximum atomic E-state index is 14.5. The van der Waals surface area contributed by atoms with E-state index in [1.165, 1.54) is 37.8 Å². The summed E-state index contributed by atoms with van der Waals surface area (Å²) in [5, 5.41) is 3.25. The van der Waals surface area contributed by atoms with E-state index in [4.69, 9.17) is 4.74 Å². The van der Waals surface area contributed by atoms with E-state index in [9.17, 15) is 12.8 Å². The molecule has 3 rings (SSSR count). The summed E-state index contributed by atoms with van der Waals surface area (Å²) in [6, 6.07) is 9.28. The summed E-state index contributed by atoms with van der Waals surface area (Å²) in [7, 11) is -3.87. The van der Waals surface area contributed by atoms with Crippen LogP contribution in [0.4, 0.5) is 10.1 Å². The van der Waals surface area contributed by atoms with Crippen molar-refractivity contribution in [3.05, 3.63) is 53.3 Å². The molecule has 0 saturated heterocycles. The van der Waals surface area contributed by atoms with Gasteiger partial charge in [-0.3, -0.25) is 4.72 Å². The van der Waals surface area contributed by atoms with Crippen LogP contribution < -0.4 is 14.8 Å². The highest BCUT2D eigenvalue weighted by Crippen LogP contribution is 2.25. The second kappa shape index (κ2) is 10.8. The number of halogens is 1. The highest BCUT2D eigenvalue weighted by molar-refractivity contribution is 7.92. The molecular formula is C23H31FN2O3S. The van der Waals surface area contributed by atoms with Crippen molar-refractivity contribution in [1.82, 2.24) is 5.32 Å². The minimum atomic E-state index is -3.87. The van der Waals surface area contributed by atoms with Crippen LogP contribution in [0.15, 0.2) is 41.3 Å². The molecule has 164 valence electrons. The lowest BCUT2D eigenvalue weighted by molar-refractivity contribution is 0.303. The van der Waals surface area contributed by atoms with E-state index in [0.717, 1.165) is 43.5 Å². The summed E-state index contributed by atoms with van der Waals surface area (Å²) in [5.41, 5.74) is 2.02. The minimum absolute atomic E-state index is 0.0821. The molecule has 0 bridgehead atoms. The maximum absolute atomic E-state index is 14.5. The zero-order valence-corrected chi connectivity index (χ0v) is 18.4.